The maximum Gasteiger partial charge on any atom is 0.408 e. The van der Waals surface area contributed by atoms with Gasteiger partial charge in [-0.3, -0.25) is 4.79 Å². The van der Waals surface area contributed by atoms with Gasteiger partial charge in [-0.05, 0) is 68.9 Å². The number of amides is 1. The first-order valence-electron chi connectivity index (χ1n) is 11.9. The van der Waals surface area contributed by atoms with Crippen LogP contribution in [0.1, 0.15) is 72.9 Å². The molecule has 34 heavy (non-hydrogen) atoms. The van der Waals surface area contributed by atoms with Gasteiger partial charge in [0.15, 0.2) is 8.32 Å². The molecule has 1 aromatic rings. The fourth-order valence-electron chi connectivity index (χ4n) is 2.86. The zero-order valence-electron chi connectivity index (χ0n) is 22.6. The first kappa shape index (κ1) is 29.7. The van der Waals surface area contributed by atoms with E-state index in [1.165, 1.54) is 0 Å². The monoisotopic (exact) mass is 489 g/mol. The molecule has 0 fully saturated rings. The minimum absolute atomic E-state index is 0.168. The van der Waals surface area contributed by atoms with Crippen LogP contribution in [0.15, 0.2) is 24.3 Å². The highest BCUT2D eigenvalue weighted by molar-refractivity contribution is 6.74. The molecule has 1 rings (SSSR count). The van der Waals surface area contributed by atoms with Crippen LogP contribution in [0.5, 0.6) is 5.75 Å². The van der Waals surface area contributed by atoms with Gasteiger partial charge >= 0.3 is 6.09 Å². The molecule has 0 saturated heterocycles. The predicted molar refractivity (Wildman–Crippen MR) is 139 cm³/mol. The first-order chi connectivity index (χ1) is 15.6. The van der Waals surface area contributed by atoms with Crippen molar-refractivity contribution in [3.05, 3.63) is 29.8 Å². The van der Waals surface area contributed by atoms with E-state index >= 15 is 0 Å². The van der Waals surface area contributed by atoms with Crippen LogP contribution >= 0.6 is 0 Å². The van der Waals surface area contributed by atoms with E-state index in [9.17, 15) is 9.59 Å². The minimum Gasteiger partial charge on any atom is -0.497 e. The molecule has 0 unspecified atom stereocenters. The maximum absolute atomic E-state index is 12.9. The van der Waals surface area contributed by atoms with E-state index in [4.69, 9.17) is 13.9 Å². The van der Waals surface area contributed by atoms with Gasteiger partial charge in [0.1, 0.15) is 11.4 Å². The minimum atomic E-state index is -1.77. The van der Waals surface area contributed by atoms with Gasteiger partial charge < -0.3 is 19.2 Å². The Morgan fingerprint density at radius 3 is 2.15 bits per heavy atom. The van der Waals surface area contributed by atoms with E-state index in [1.807, 2.05) is 12.1 Å². The van der Waals surface area contributed by atoms with Gasteiger partial charge in [0, 0.05) is 13.0 Å². The lowest BCUT2D eigenvalue weighted by Gasteiger charge is -2.36. The highest BCUT2D eigenvalue weighted by Crippen LogP contribution is 2.36. The molecule has 1 aromatic carbocycles. The van der Waals surface area contributed by atoms with Crippen molar-refractivity contribution in [3.63, 3.8) is 0 Å². The number of ketones is 1. The van der Waals surface area contributed by atoms with Crippen LogP contribution in [0.3, 0.4) is 0 Å². The molecular formula is C27H43NO5Si. The quantitative estimate of drug-likeness (QED) is 0.191. The summed E-state index contributed by atoms with van der Waals surface area (Å²) in [7, 11) is -0.185. The molecule has 0 radical (unpaired) electrons. The molecule has 2 atom stereocenters. The van der Waals surface area contributed by atoms with Crippen LogP contribution in [0.2, 0.25) is 18.1 Å². The van der Waals surface area contributed by atoms with Gasteiger partial charge in [0.2, 0.25) is 5.78 Å². The molecule has 0 heterocycles. The molecule has 0 bridgehead atoms. The Morgan fingerprint density at radius 2 is 1.65 bits per heavy atom. The smallest absolute Gasteiger partial charge is 0.408 e. The van der Waals surface area contributed by atoms with Crippen molar-refractivity contribution in [1.82, 2.24) is 5.32 Å². The Hall–Kier alpha value is -2.30. The summed E-state index contributed by atoms with van der Waals surface area (Å²) in [5, 5.41) is 3.01. The Balaban J connectivity index is 2.83. The Kier molecular flexibility index (Phi) is 10.9. The van der Waals surface area contributed by atoms with Gasteiger partial charge in [-0.15, -0.1) is 0 Å². The highest BCUT2D eigenvalue weighted by Gasteiger charge is 2.36. The van der Waals surface area contributed by atoms with Crippen LogP contribution in [0, 0.1) is 17.8 Å². The third kappa shape index (κ3) is 9.90. The summed E-state index contributed by atoms with van der Waals surface area (Å²) in [5.41, 5.74) is 0.130. The number of methoxy groups -OCH3 is 1. The van der Waals surface area contributed by atoms with Crippen LogP contribution in [0.25, 0.3) is 0 Å². The van der Waals surface area contributed by atoms with E-state index in [-0.39, 0.29) is 10.8 Å². The van der Waals surface area contributed by atoms with Crippen molar-refractivity contribution >= 4 is 20.2 Å². The molecule has 1 N–H and O–H groups in total. The van der Waals surface area contributed by atoms with Crippen molar-refractivity contribution in [2.75, 3.05) is 13.7 Å². The van der Waals surface area contributed by atoms with E-state index in [2.05, 4.69) is 51.0 Å². The van der Waals surface area contributed by atoms with Gasteiger partial charge in [-0.25, -0.2) is 4.79 Å². The van der Waals surface area contributed by atoms with Crippen molar-refractivity contribution < 1.29 is 23.5 Å². The summed E-state index contributed by atoms with van der Waals surface area (Å²) < 4.78 is 16.8. The number of unbranched alkanes of at least 4 members (excludes halogenated alkanes) is 1. The molecule has 1 amide bonds. The third-order valence-corrected chi connectivity index (χ3v) is 10.5. The van der Waals surface area contributed by atoms with Crippen LogP contribution in [-0.2, 0) is 14.0 Å². The molecular weight excluding hydrogens is 446 g/mol. The molecule has 0 saturated carbocycles. The largest absolute Gasteiger partial charge is 0.497 e. The number of alkyl carbamates (subject to hydrolysis) is 1. The van der Waals surface area contributed by atoms with Gasteiger partial charge in [-0.2, -0.15) is 0 Å². The lowest BCUT2D eigenvalue weighted by molar-refractivity contribution is -0.117. The summed E-state index contributed by atoms with van der Waals surface area (Å²) in [6, 6.07) is 6.67. The normalized spacial score (nSPS) is 13.8. The Morgan fingerprint density at radius 1 is 1.06 bits per heavy atom. The second-order valence-corrected chi connectivity index (χ2v) is 15.9. The molecule has 0 spiro atoms. The number of hydrogen-bond acceptors (Lipinski definition) is 5. The Bertz CT molecular complexity index is 870. The van der Waals surface area contributed by atoms with Gasteiger partial charge in [0.05, 0.1) is 19.1 Å². The second kappa shape index (κ2) is 12.4. The molecule has 0 aliphatic heterocycles. The number of rotatable bonds is 9. The average Bonchev–Trinajstić information content (AvgIpc) is 2.71. The number of carbonyl (C=O) groups is 2. The lowest BCUT2D eigenvalue weighted by Crippen LogP contribution is -2.40. The topological polar surface area (TPSA) is 73.9 Å². The fourth-order valence-corrected chi connectivity index (χ4v) is 3.95. The van der Waals surface area contributed by atoms with E-state index < -0.39 is 32.0 Å². The number of nitrogens with one attached hydrogen (secondary N) is 1. The van der Waals surface area contributed by atoms with Crippen molar-refractivity contribution in [1.29, 1.82) is 0 Å². The van der Waals surface area contributed by atoms with Crippen LogP contribution in [0.4, 0.5) is 4.79 Å². The SMILES string of the molecule is COc1ccc([C@@H](NC(=O)OC(C)(C)C)[C@H](C)C(=O)C#CCCCO[Si](C)(C)C(C)(C)C)cc1. The molecule has 6 nitrogen and oxygen atoms in total. The van der Waals surface area contributed by atoms with Gasteiger partial charge in [0.25, 0.3) is 0 Å². The van der Waals surface area contributed by atoms with Crippen molar-refractivity contribution in [3.8, 4) is 17.6 Å². The lowest BCUT2D eigenvalue weighted by atomic mass is 9.91. The number of hydrogen-bond donors (Lipinski definition) is 1. The molecule has 190 valence electrons. The zero-order chi connectivity index (χ0) is 26.2. The molecule has 7 heteroatoms. The molecule has 0 aliphatic carbocycles. The van der Waals surface area contributed by atoms with Crippen molar-refractivity contribution in [2.45, 2.75) is 91.1 Å². The summed E-state index contributed by atoms with van der Waals surface area (Å²) in [5.74, 6) is 5.63. The second-order valence-electron chi connectivity index (χ2n) is 11.1. The van der Waals surface area contributed by atoms with E-state index in [0.29, 0.717) is 18.8 Å². The molecule has 0 aliphatic rings. The number of Topliss-reactive ketones (excluding diaryl/α,β-unsaturated/α-hetero) is 1. The maximum atomic E-state index is 12.9. The molecule has 0 aromatic heterocycles. The average molecular weight is 490 g/mol. The summed E-state index contributed by atoms with van der Waals surface area (Å²) in [4.78, 5) is 25.3. The third-order valence-electron chi connectivity index (χ3n) is 5.99. The van der Waals surface area contributed by atoms with E-state index in [0.717, 1.165) is 12.0 Å². The highest BCUT2D eigenvalue weighted by atomic mass is 28.4. The van der Waals surface area contributed by atoms with Crippen molar-refractivity contribution in [2.24, 2.45) is 5.92 Å². The van der Waals surface area contributed by atoms with Crippen LogP contribution < -0.4 is 10.1 Å². The first-order valence-corrected chi connectivity index (χ1v) is 14.8. The Labute approximate surface area is 207 Å². The fraction of sp³-hybridized carbons (Fsp3) is 0.630. The van der Waals surface area contributed by atoms with Gasteiger partial charge in [-0.1, -0.05) is 45.7 Å². The number of ether oxygens (including phenoxy) is 2. The predicted octanol–water partition coefficient (Wildman–Crippen LogP) is 6.27. The number of benzene rings is 1. The van der Waals surface area contributed by atoms with Crippen LogP contribution in [-0.4, -0.2) is 39.5 Å². The number of carbonyl (C=O) groups excluding carboxylic acids is 2. The van der Waals surface area contributed by atoms with E-state index in [1.54, 1.807) is 46.9 Å². The zero-order valence-corrected chi connectivity index (χ0v) is 23.6. The standard InChI is InChI=1S/C27H43NO5Si/c1-20(23(29)14-12-11-13-19-32-34(9,10)27(5,6)7)24(28-25(30)33-26(2,3)4)21-15-17-22(31-8)18-16-21/h15-18,20,24H,11,13,19H2,1-10H3,(H,28,30)/t20-,24+/m1/s1. The summed E-state index contributed by atoms with van der Waals surface area (Å²) >= 11 is 0. The summed E-state index contributed by atoms with van der Waals surface area (Å²) in [6.07, 6.45) is 0.780. The summed E-state index contributed by atoms with van der Waals surface area (Å²) in [6.45, 7) is 18.9.